The van der Waals surface area contributed by atoms with Crippen molar-refractivity contribution in [3.8, 4) is 17.2 Å². The highest BCUT2D eigenvalue weighted by Gasteiger charge is 2.16. The molecule has 0 aliphatic rings. The van der Waals surface area contributed by atoms with Gasteiger partial charge in [0, 0.05) is 6.42 Å². The van der Waals surface area contributed by atoms with Crippen LogP contribution < -0.4 is 15.1 Å². The van der Waals surface area contributed by atoms with Gasteiger partial charge < -0.3 is 24.1 Å². The number of hydrogen-bond donors (Lipinski definition) is 2. The number of allylic oxidation sites excluding steroid dienone is 1. The van der Waals surface area contributed by atoms with Crippen LogP contribution in [-0.2, 0) is 4.79 Å². The Kier molecular flexibility index (Phi) is 6.05. The van der Waals surface area contributed by atoms with Crippen LogP contribution in [0.1, 0.15) is 26.7 Å². The molecular formula is C18H20O7. The number of aliphatic carboxylic acids is 1. The average molecular weight is 348 g/mol. The number of carboxylic acid groups (broad SMARTS) is 1. The molecule has 0 saturated heterocycles. The Hall–Kier alpha value is -2.96. The predicted octanol–water partition coefficient (Wildman–Crippen LogP) is 3.09. The summed E-state index contributed by atoms with van der Waals surface area (Å²) in [6, 6.07) is 4.60. The fraction of sp³-hybridized carbons (Fsp3) is 0.333. The maximum Gasteiger partial charge on any atom is 0.383 e. The zero-order chi connectivity index (χ0) is 18.4. The molecule has 7 nitrogen and oxygen atoms in total. The molecule has 1 aromatic heterocycles. The Balaban J connectivity index is 2.22. The van der Waals surface area contributed by atoms with Gasteiger partial charge in [-0.25, -0.2) is 4.79 Å². The largest absolute Gasteiger partial charge is 0.504 e. The van der Waals surface area contributed by atoms with E-state index in [0.717, 1.165) is 5.57 Å². The third kappa shape index (κ3) is 5.00. The topological polar surface area (TPSA) is 106 Å². The third-order valence-corrected chi connectivity index (χ3v) is 3.33. The molecule has 2 aromatic rings. The van der Waals surface area contributed by atoms with E-state index >= 15 is 0 Å². The summed E-state index contributed by atoms with van der Waals surface area (Å²) in [5.41, 5.74) is 0.457. The van der Waals surface area contributed by atoms with Crippen molar-refractivity contribution >= 4 is 16.9 Å². The highest BCUT2D eigenvalue weighted by Crippen LogP contribution is 2.33. The standard InChI is InChI=1S/C18H20O7/c1-11(2)7-9-24-17-16(21)13-10-12(23-8-3-4-15(19)20)5-6-14(13)25-18(17)22/h5-7,10,21H,3-4,8-9H2,1-2H3,(H,19,20). The van der Waals surface area contributed by atoms with E-state index in [0.29, 0.717) is 12.2 Å². The molecule has 0 amide bonds. The Morgan fingerprint density at radius 1 is 1.28 bits per heavy atom. The van der Waals surface area contributed by atoms with Gasteiger partial charge in [0.25, 0.3) is 0 Å². The van der Waals surface area contributed by atoms with E-state index in [2.05, 4.69) is 0 Å². The van der Waals surface area contributed by atoms with Crippen LogP contribution in [0.4, 0.5) is 0 Å². The minimum absolute atomic E-state index is 0.00998. The molecule has 7 heteroatoms. The predicted molar refractivity (Wildman–Crippen MR) is 91.4 cm³/mol. The summed E-state index contributed by atoms with van der Waals surface area (Å²) in [7, 11) is 0. The molecule has 1 aromatic carbocycles. The number of benzene rings is 1. The van der Waals surface area contributed by atoms with E-state index in [1.54, 1.807) is 12.1 Å². The molecule has 0 bridgehead atoms. The van der Waals surface area contributed by atoms with Gasteiger partial charge in [0.05, 0.1) is 12.0 Å². The fourth-order valence-corrected chi connectivity index (χ4v) is 2.07. The number of carboxylic acids is 1. The molecule has 2 N–H and O–H groups in total. The second-order valence-electron chi connectivity index (χ2n) is 5.66. The minimum atomic E-state index is -0.889. The first-order valence-electron chi connectivity index (χ1n) is 7.79. The Bertz CT molecular complexity index is 844. The normalized spacial score (nSPS) is 10.5. The van der Waals surface area contributed by atoms with Crippen LogP contribution in [-0.4, -0.2) is 29.4 Å². The van der Waals surface area contributed by atoms with Crippen LogP contribution in [0.5, 0.6) is 17.2 Å². The van der Waals surface area contributed by atoms with E-state index in [9.17, 15) is 14.7 Å². The summed E-state index contributed by atoms with van der Waals surface area (Å²) in [6.07, 6.45) is 2.14. The zero-order valence-electron chi connectivity index (χ0n) is 14.1. The molecule has 0 saturated carbocycles. The van der Waals surface area contributed by atoms with Crippen LogP contribution in [0.2, 0.25) is 0 Å². The number of hydrogen-bond acceptors (Lipinski definition) is 6. The number of fused-ring (bicyclic) bond motifs is 1. The molecule has 0 fully saturated rings. The molecule has 0 aliphatic heterocycles. The van der Waals surface area contributed by atoms with Crippen molar-refractivity contribution in [2.45, 2.75) is 26.7 Å². The maximum atomic E-state index is 11.9. The Morgan fingerprint density at radius 2 is 2.04 bits per heavy atom. The van der Waals surface area contributed by atoms with Crippen LogP contribution in [0.25, 0.3) is 11.0 Å². The molecule has 0 radical (unpaired) electrons. The molecule has 2 rings (SSSR count). The first-order chi connectivity index (χ1) is 11.9. The molecule has 25 heavy (non-hydrogen) atoms. The lowest BCUT2D eigenvalue weighted by molar-refractivity contribution is -0.137. The second-order valence-corrected chi connectivity index (χ2v) is 5.66. The van der Waals surface area contributed by atoms with Gasteiger partial charge in [0.1, 0.15) is 17.9 Å². The highest BCUT2D eigenvalue weighted by atomic mass is 16.5. The summed E-state index contributed by atoms with van der Waals surface area (Å²) in [6.45, 7) is 4.14. The molecule has 1 heterocycles. The van der Waals surface area contributed by atoms with E-state index in [1.807, 2.05) is 13.8 Å². The van der Waals surface area contributed by atoms with Crippen LogP contribution >= 0.6 is 0 Å². The fourth-order valence-electron chi connectivity index (χ4n) is 2.07. The van der Waals surface area contributed by atoms with Crippen LogP contribution in [0.15, 0.2) is 39.1 Å². The molecule has 134 valence electrons. The van der Waals surface area contributed by atoms with Gasteiger partial charge in [-0.05, 0) is 44.5 Å². The first-order valence-corrected chi connectivity index (χ1v) is 7.79. The van der Waals surface area contributed by atoms with Gasteiger partial charge in [0.15, 0.2) is 5.75 Å². The van der Waals surface area contributed by atoms with Crippen molar-refractivity contribution in [1.29, 1.82) is 0 Å². The summed E-state index contributed by atoms with van der Waals surface area (Å²) in [4.78, 5) is 22.4. The summed E-state index contributed by atoms with van der Waals surface area (Å²) < 4.78 is 15.9. The van der Waals surface area contributed by atoms with E-state index in [-0.39, 0.29) is 42.1 Å². The van der Waals surface area contributed by atoms with E-state index < -0.39 is 11.6 Å². The van der Waals surface area contributed by atoms with Crippen molar-refractivity contribution in [3.63, 3.8) is 0 Å². The highest BCUT2D eigenvalue weighted by molar-refractivity contribution is 5.86. The minimum Gasteiger partial charge on any atom is -0.504 e. The SMILES string of the molecule is CC(C)=CCOc1c(O)c2cc(OCCCC(=O)O)ccc2oc1=O. The van der Waals surface area contributed by atoms with Gasteiger partial charge in [-0.15, -0.1) is 0 Å². The number of carbonyl (C=O) groups is 1. The van der Waals surface area contributed by atoms with Crippen molar-refractivity contribution in [3.05, 3.63) is 40.3 Å². The van der Waals surface area contributed by atoms with Gasteiger partial charge in [-0.3, -0.25) is 4.79 Å². The summed E-state index contributed by atoms with van der Waals surface area (Å²) >= 11 is 0. The lowest BCUT2D eigenvalue weighted by Crippen LogP contribution is -2.08. The van der Waals surface area contributed by atoms with Crippen LogP contribution in [0.3, 0.4) is 0 Å². The second kappa shape index (κ2) is 8.23. The van der Waals surface area contributed by atoms with E-state index in [4.69, 9.17) is 19.0 Å². The van der Waals surface area contributed by atoms with Gasteiger partial charge in [-0.2, -0.15) is 0 Å². The lowest BCUT2D eigenvalue weighted by atomic mass is 10.2. The van der Waals surface area contributed by atoms with E-state index in [1.165, 1.54) is 12.1 Å². The van der Waals surface area contributed by atoms with Crippen LogP contribution in [0, 0.1) is 0 Å². The third-order valence-electron chi connectivity index (χ3n) is 3.33. The smallest absolute Gasteiger partial charge is 0.383 e. The average Bonchev–Trinajstić information content (AvgIpc) is 2.54. The first kappa shape index (κ1) is 18.4. The number of aromatic hydroxyl groups is 1. The summed E-state index contributed by atoms with van der Waals surface area (Å²) in [5.74, 6) is -1.03. The molecule has 0 unspecified atom stereocenters. The monoisotopic (exact) mass is 348 g/mol. The van der Waals surface area contributed by atoms with Crippen molar-refractivity contribution < 1.29 is 28.9 Å². The Morgan fingerprint density at radius 3 is 2.72 bits per heavy atom. The lowest BCUT2D eigenvalue weighted by Gasteiger charge is -2.09. The number of ether oxygens (including phenoxy) is 2. The molecule has 0 spiro atoms. The van der Waals surface area contributed by atoms with Crippen molar-refractivity contribution in [1.82, 2.24) is 0 Å². The van der Waals surface area contributed by atoms with Gasteiger partial charge in [-0.1, -0.05) is 5.57 Å². The van der Waals surface area contributed by atoms with Crippen molar-refractivity contribution in [2.24, 2.45) is 0 Å². The Labute approximate surface area is 144 Å². The zero-order valence-corrected chi connectivity index (χ0v) is 14.1. The molecule has 0 aliphatic carbocycles. The van der Waals surface area contributed by atoms with Gasteiger partial charge >= 0.3 is 11.6 Å². The maximum absolute atomic E-state index is 11.9. The summed E-state index contributed by atoms with van der Waals surface area (Å²) in [5, 5.41) is 19.2. The van der Waals surface area contributed by atoms with Crippen molar-refractivity contribution in [2.75, 3.05) is 13.2 Å². The quantitative estimate of drug-likeness (QED) is 0.429. The van der Waals surface area contributed by atoms with Gasteiger partial charge in [0.2, 0.25) is 5.75 Å². The molecule has 0 atom stereocenters. The number of rotatable bonds is 8. The molecular weight excluding hydrogens is 328 g/mol.